The fourth-order valence-electron chi connectivity index (χ4n) is 2.21. The Morgan fingerprint density at radius 2 is 1.61 bits per heavy atom. The first kappa shape index (κ1) is 17.9. The molecule has 0 aliphatic carbocycles. The van der Waals surface area contributed by atoms with Gasteiger partial charge in [0.15, 0.2) is 0 Å². The maximum absolute atomic E-state index is 5.98. The van der Waals surface area contributed by atoms with Gasteiger partial charge in [0.1, 0.15) is 0 Å². The molecule has 0 radical (unpaired) electrons. The highest BCUT2D eigenvalue weighted by Crippen LogP contribution is 2.19. The molecule has 110 valence electrons. The zero-order valence-corrected chi connectivity index (χ0v) is 13.2. The summed E-state index contributed by atoms with van der Waals surface area (Å²) in [5.74, 6) is 0. The lowest BCUT2D eigenvalue weighted by atomic mass is 9.97. The van der Waals surface area contributed by atoms with Gasteiger partial charge in [-0.05, 0) is 46.2 Å². The van der Waals surface area contributed by atoms with E-state index < -0.39 is 0 Å². The van der Waals surface area contributed by atoms with Crippen LogP contribution in [0.5, 0.6) is 0 Å². The van der Waals surface area contributed by atoms with Crippen molar-refractivity contribution >= 4 is 0 Å². The zero-order chi connectivity index (χ0) is 14.0. The van der Waals surface area contributed by atoms with E-state index in [1.165, 1.54) is 25.7 Å². The molecule has 0 aromatic carbocycles. The molecular formula is C15H34N2O. The molecule has 1 unspecified atom stereocenters. The molecule has 3 nitrogen and oxygen atoms in total. The Balaban J connectivity index is 4.47. The van der Waals surface area contributed by atoms with Gasteiger partial charge < -0.3 is 10.5 Å². The van der Waals surface area contributed by atoms with Crippen LogP contribution in [-0.2, 0) is 4.74 Å². The minimum absolute atomic E-state index is 0.0826. The van der Waals surface area contributed by atoms with Gasteiger partial charge in [-0.1, -0.05) is 26.7 Å². The third-order valence-corrected chi connectivity index (χ3v) is 3.67. The highest BCUT2D eigenvalue weighted by atomic mass is 16.5. The fourth-order valence-corrected chi connectivity index (χ4v) is 2.21. The number of hydrogen-bond donors (Lipinski definition) is 1. The lowest BCUT2D eigenvalue weighted by molar-refractivity contribution is -0.00801. The van der Waals surface area contributed by atoms with E-state index in [0.717, 1.165) is 26.1 Å². The Labute approximate surface area is 114 Å². The Bertz CT molecular complexity index is 187. The number of unbranched alkanes of at least 4 members (excludes halogenated alkanes) is 2. The molecule has 0 aromatic rings. The van der Waals surface area contributed by atoms with Gasteiger partial charge in [-0.2, -0.15) is 0 Å². The third-order valence-electron chi connectivity index (χ3n) is 3.67. The van der Waals surface area contributed by atoms with Crippen molar-refractivity contribution < 1.29 is 4.74 Å². The first-order chi connectivity index (χ1) is 8.50. The molecule has 0 aliphatic rings. The molecule has 2 N–H and O–H groups in total. The molecule has 1 atom stereocenters. The maximum atomic E-state index is 5.98. The van der Waals surface area contributed by atoms with Crippen LogP contribution in [0.3, 0.4) is 0 Å². The van der Waals surface area contributed by atoms with Crippen LogP contribution in [0.15, 0.2) is 0 Å². The standard InChI is InChI=1S/C15H34N2O/c1-6-8-10-17(11-9-7-2)14(13-16)12-15(3,4)18-5/h14H,6-13,16H2,1-5H3. The Kier molecular flexibility index (Phi) is 9.70. The Morgan fingerprint density at radius 1 is 1.11 bits per heavy atom. The molecule has 0 rings (SSSR count). The zero-order valence-electron chi connectivity index (χ0n) is 13.2. The molecule has 0 aliphatic heterocycles. The Morgan fingerprint density at radius 3 is 1.94 bits per heavy atom. The van der Waals surface area contributed by atoms with E-state index in [-0.39, 0.29) is 5.60 Å². The smallest absolute Gasteiger partial charge is 0.0638 e. The minimum Gasteiger partial charge on any atom is -0.379 e. The summed E-state index contributed by atoms with van der Waals surface area (Å²) in [5.41, 5.74) is 5.90. The number of methoxy groups -OCH3 is 1. The molecule has 3 heteroatoms. The molecule has 18 heavy (non-hydrogen) atoms. The molecular weight excluding hydrogens is 224 g/mol. The van der Waals surface area contributed by atoms with Crippen LogP contribution < -0.4 is 5.73 Å². The van der Waals surface area contributed by atoms with E-state index in [9.17, 15) is 0 Å². The number of nitrogens with zero attached hydrogens (tertiary/aromatic N) is 1. The first-order valence-corrected chi connectivity index (χ1v) is 7.50. The van der Waals surface area contributed by atoms with Crippen LogP contribution in [0.4, 0.5) is 0 Å². The lowest BCUT2D eigenvalue weighted by Gasteiger charge is -2.36. The average molecular weight is 258 g/mol. The van der Waals surface area contributed by atoms with Crippen molar-refractivity contribution in [2.24, 2.45) is 5.73 Å². The van der Waals surface area contributed by atoms with Crippen LogP contribution in [0.25, 0.3) is 0 Å². The summed E-state index contributed by atoms with van der Waals surface area (Å²) in [6.07, 6.45) is 6.01. The number of nitrogens with two attached hydrogens (primary N) is 1. The van der Waals surface area contributed by atoms with Crippen molar-refractivity contribution in [3.8, 4) is 0 Å². The van der Waals surface area contributed by atoms with E-state index in [2.05, 4.69) is 32.6 Å². The van der Waals surface area contributed by atoms with Crippen molar-refractivity contribution in [3.05, 3.63) is 0 Å². The molecule has 0 spiro atoms. The van der Waals surface area contributed by atoms with Crippen LogP contribution in [0.1, 0.15) is 59.8 Å². The summed E-state index contributed by atoms with van der Waals surface area (Å²) < 4.78 is 5.55. The summed E-state index contributed by atoms with van der Waals surface area (Å²) >= 11 is 0. The molecule has 0 saturated heterocycles. The largest absolute Gasteiger partial charge is 0.379 e. The van der Waals surface area contributed by atoms with E-state index in [1.807, 2.05) is 0 Å². The summed E-state index contributed by atoms with van der Waals surface area (Å²) in [7, 11) is 1.79. The molecule has 0 amide bonds. The lowest BCUT2D eigenvalue weighted by Crippen LogP contribution is -2.46. The van der Waals surface area contributed by atoms with Crippen LogP contribution >= 0.6 is 0 Å². The number of ether oxygens (including phenoxy) is 1. The first-order valence-electron chi connectivity index (χ1n) is 7.50. The van der Waals surface area contributed by atoms with E-state index in [0.29, 0.717) is 6.04 Å². The average Bonchev–Trinajstić information content (AvgIpc) is 2.36. The normalized spacial score (nSPS) is 14.2. The Hall–Kier alpha value is -0.120. The third kappa shape index (κ3) is 7.34. The van der Waals surface area contributed by atoms with Gasteiger partial charge in [0.2, 0.25) is 0 Å². The SMILES string of the molecule is CCCCN(CCCC)C(CN)CC(C)(C)OC. The number of hydrogen-bond acceptors (Lipinski definition) is 3. The molecule has 0 fully saturated rings. The molecule has 0 heterocycles. The van der Waals surface area contributed by atoms with E-state index >= 15 is 0 Å². The van der Waals surface area contributed by atoms with Crippen molar-refractivity contribution in [2.75, 3.05) is 26.7 Å². The fraction of sp³-hybridized carbons (Fsp3) is 1.00. The second-order valence-corrected chi connectivity index (χ2v) is 5.80. The summed E-state index contributed by atoms with van der Waals surface area (Å²) in [6, 6.07) is 0.443. The predicted octanol–water partition coefficient (Wildman–Crippen LogP) is 3.03. The van der Waals surface area contributed by atoms with Gasteiger partial charge >= 0.3 is 0 Å². The summed E-state index contributed by atoms with van der Waals surface area (Å²) in [5, 5.41) is 0. The van der Waals surface area contributed by atoms with Gasteiger partial charge in [0, 0.05) is 19.7 Å². The van der Waals surface area contributed by atoms with Gasteiger partial charge in [-0.3, -0.25) is 4.90 Å². The van der Waals surface area contributed by atoms with Crippen LogP contribution in [-0.4, -0.2) is 43.3 Å². The topological polar surface area (TPSA) is 38.5 Å². The van der Waals surface area contributed by atoms with Gasteiger partial charge in [-0.15, -0.1) is 0 Å². The van der Waals surface area contributed by atoms with Crippen molar-refractivity contribution in [1.29, 1.82) is 0 Å². The highest BCUT2D eigenvalue weighted by molar-refractivity contribution is 4.81. The summed E-state index contributed by atoms with van der Waals surface area (Å²) in [4.78, 5) is 2.56. The second-order valence-electron chi connectivity index (χ2n) is 5.80. The van der Waals surface area contributed by atoms with Crippen molar-refractivity contribution in [2.45, 2.75) is 71.4 Å². The predicted molar refractivity (Wildman–Crippen MR) is 79.9 cm³/mol. The minimum atomic E-state index is -0.0826. The quantitative estimate of drug-likeness (QED) is 0.619. The highest BCUT2D eigenvalue weighted by Gasteiger charge is 2.25. The maximum Gasteiger partial charge on any atom is 0.0638 e. The summed E-state index contributed by atoms with van der Waals surface area (Å²) in [6.45, 7) is 11.8. The van der Waals surface area contributed by atoms with Crippen molar-refractivity contribution in [3.63, 3.8) is 0 Å². The molecule has 0 saturated carbocycles. The van der Waals surface area contributed by atoms with Gasteiger partial charge in [-0.25, -0.2) is 0 Å². The number of rotatable bonds is 11. The molecule has 0 aromatic heterocycles. The van der Waals surface area contributed by atoms with Crippen molar-refractivity contribution in [1.82, 2.24) is 4.90 Å². The van der Waals surface area contributed by atoms with E-state index in [4.69, 9.17) is 10.5 Å². The van der Waals surface area contributed by atoms with Crippen LogP contribution in [0.2, 0.25) is 0 Å². The molecule has 0 bridgehead atoms. The van der Waals surface area contributed by atoms with Crippen LogP contribution in [0, 0.1) is 0 Å². The van der Waals surface area contributed by atoms with E-state index in [1.54, 1.807) is 7.11 Å². The second kappa shape index (κ2) is 9.76. The van der Waals surface area contributed by atoms with Gasteiger partial charge in [0.25, 0.3) is 0 Å². The monoisotopic (exact) mass is 258 g/mol. The van der Waals surface area contributed by atoms with Gasteiger partial charge in [0.05, 0.1) is 5.60 Å².